The van der Waals surface area contributed by atoms with E-state index in [1.54, 1.807) is 0 Å². The van der Waals surface area contributed by atoms with Crippen molar-refractivity contribution in [1.29, 1.82) is 0 Å². The molecule has 1 heterocycles. The van der Waals surface area contributed by atoms with Gasteiger partial charge in [0.25, 0.3) is 0 Å². The van der Waals surface area contributed by atoms with E-state index in [4.69, 9.17) is 0 Å². The summed E-state index contributed by atoms with van der Waals surface area (Å²) in [4.78, 5) is 6.65. The first kappa shape index (κ1) is 14.0. The Labute approximate surface area is 105 Å². The lowest BCUT2D eigenvalue weighted by atomic mass is 10.1. The average Bonchev–Trinajstić information content (AvgIpc) is 2.27. The Morgan fingerprint density at radius 2 is 2.18 bits per heavy atom. The van der Waals surface area contributed by atoms with Crippen LogP contribution < -0.4 is 5.32 Å². The average molecular weight is 235 g/mol. The number of hydrogen-bond acceptors (Lipinski definition) is 3. The van der Waals surface area contributed by atoms with Crippen molar-refractivity contribution >= 4 is 5.82 Å². The van der Waals surface area contributed by atoms with Crippen molar-refractivity contribution in [2.45, 2.75) is 33.7 Å². The van der Waals surface area contributed by atoms with Crippen LogP contribution in [0.15, 0.2) is 18.3 Å². The SMILES string of the molecule is CCNc1cc(CN(C)CCC(C)C)ccn1. The van der Waals surface area contributed by atoms with Gasteiger partial charge in [-0.2, -0.15) is 0 Å². The van der Waals surface area contributed by atoms with Crippen molar-refractivity contribution in [3.8, 4) is 0 Å². The number of hydrogen-bond donors (Lipinski definition) is 1. The molecule has 0 aromatic carbocycles. The highest BCUT2D eigenvalue weighted by molar-refractivity contribution is 5.37. The van der Waals surface area contributed by atoms with Crippen molar-refractivity contribution in [3.63, 3.8) is 0 Å². The van der Waals surface area contributed by atoms with E-state index in [0.29, 0.717) is 0 Å². The Hall–Kier alpha value is -1.09. The minimum absolute atomic E-state index is 0.771. The minimum Gasteiger partial charge on any atom is -0.370 e. The van der Waals surface area contributed by atoms with Gasteiger partial charge in [0.1, 0.15) is 5.82 Å². The molecule has 1 aromatic rings. The van der Waals surface area contributed by atoms with Gasteiger partial charge in [0.15, 0.2) is 0 Å². The lowest BCUT2D eigenvalue weighted by Gasteiger charge is -2.18. The van der Waals surface area contributed by atoms with E-state index in [2.05, 4.69) is 55.2 Å². The maximum Gasteiger partial charge on any atom is 0.126 e. The third-order valence-corrected chi connectivity index (χ3v) is 2.72. The fourth-order valence-corrected chi connectivity index (χ4v) is 1.72. The molecule has 0 aliphatic carbocycles. The van der Waals surface area contributed by atoms with Crippen LogP contribution in [-0.4, -0.2) is 30.0 Å². The summed E-state index contributed by atoms with van der Waals surface area (Å²) in [6.07, 6.45) is 3.13. The van der Waals surface area contributed by atoms with Gasteiger partial charge in [-0.25, -0.2) is 4.98 Å². The normalized spacial score (nSPS) is 11.2. The summed E-state index contributed by atoms with van der Waals surface area (Å²) >= 11 is 0. The number of anilines is 1. The number of nitrogens with zero attached hydrogens (tertiary/aromatic N) is 2. The minimum atomic E-state index is 0.771. The van der Waals surface area contributed by atoms with Crippen LogP contribution in [0.3, 0.4) is 0 Å². The molecule has 3 nitrogen and oxygen atoms in total. The molecular formula is C14H25N3. The highest BCUT2D eigenvalue weighted by atomic mass is 15.1. The van der Waals surface area contributed by atoms with Crippen LogP contribution in [0.2, 0.25) is 0 Å². The highest BCUT2D eigenvalue weighted by Crippen LogP contribution is 2.10. The van der Waals surface area contributed by atoms with Crippen LogP contribution in [0.1, 0.15) is 32.8 Å². The number of rotatable bonds is 7. The molecule has 0 aliphatic rings. The Morgan fingerprint density at radius 3 is 2.82 bits per heavy atom. The molecule has 0 saturated carbocycles. The molecule has 96 valence electrons. The fraction of sp³-hybridized carbons (Fsp3) is 0.643. The van der Waals surface area contributed by atoms with Crippen molar-refractivity contribution < 1.29 is 0 Å². The summed E-state index contributed by atoms with van der Waals surface area (Å²) in [6, 6.07) is 4.22. The first-order valence-electron chi connectivity index (χ1n) is 6.49. The topological polar surface area (TPSA) is 28.2 Å². The standard InChI is InChI=1S/C14H25N3/c1-5-15-14-10-13(6-8-16-14)11-17(4)9-7-12(2)3/h6,8,10,12H,5,7,9,11H2,1-4H3,(H,15,16). The van der Waals surface area contributed by atoms with Gasteiger partial charge in [-0.15, -0.1) is 0 Å². The van der Waals surface area contributed by atoms with Crippen LogP contribution >= 0.6 is 0 Å². The second kappa shape index (κ2) is 7.28. The van der Waals surface area contributed by atoms with Gasteiger partial charge >= 0.3 is 0 Å². The van der Waals surface area contributed by atoms with Crippen molar-refractivity contribution in [1.82, 2.24) is 9.88 Å². The Kier molecular flexibility index (Phi) is 5.98. The summed E-state index contributed by atoms with van der Waals surface area (Å²) < 4.78 is 0. The summed E-state index contributed by atoms with van der Waals surface area (Å²) in [7, 11) is 2.18. The Morgan fingerprint density at radius 1 is 1.41 bits per heavy atom. The van der Waals surface area contributed by atoms with Crippen LogP contribution in [0.5, 0.6) is 0 Å². The van der Waals surface area contributed by atoms with E-state index < -0.39 is 0 Å². The Balaban J connectivity index is 2.46. The molecule has 0 spiro atoms. The predicted octanol–water partition coefficient (Wildman–Crippen LogP) is 2.99. The van der Waals surface area contributed by atoms with Crippen molar-refractivity contribution in [2.24, 2.45) is 5.92 Å². The fourth-order valence-electron chi connectivity index (χ4n) is 1.72. The summed E-state index contributed by atoms with van der Waals surface area (Å²) in [5.74, 6) is 1.74. The second-order valence-corrected chi connectivity index (χ2v) is 5.00. The van der Waals surface area contributed by atoms with Crippen LogP contribution in [0, 0.1) is 5.92 Å². The molecule has 0 atom stereocenters. The van der Waals surface area contributed by atoms with Gasteiger partial charge in [0, 0.05) is 19.3 Å². The molecule has 0 fully saturated rings. The molecule has 0 bridgehead atoms. The number of nitrogens with one attached hydrogen (secondary N) is 1. The largest absolute Gasteiger partial charge is 0.370 e. The van der Waals surface area contributed by atoms with Gasteiger partial charge in [0.2, 0.25) is 0 Å². The van der Waals surface area contributed by atoms with Crippen LogP contribution in [-0.2, 0) is 6.54 Å². The maximum absolute atomic E-state index is 4.28. The lowest BCUT2D eigenvalue weighted by molar-refractivity contribution is 0.303. The maximum atomic E-state index is 4.28. The molecular weight excluding hydrogens is 210 g/mol. The molecule has 0 radical (unpaired) electrons. The van der Waals surface area contributed by atoms with Crippen LogP contribution in [0.25, 0.3) is 0 Å². The summed E-state index contributed by atoms with van der Waals surface area (Å²) in [5.41, 5.74) is 1.32. The van der Waals surface area contributed by atoms with Gasteiger partial charge < -0.3 is 10.2 Å². The lowest BCUT2D eigenvalue weighted by Crippen LogP contribution is -2.20. The summed E-state index contributed by atoms with van der Waals surface area (Å²) in [6.45, 7) is 9.68. The number of aromatic nitrogens is 1. The monoisotopic (exact) mass is 235 g/mol. The van der Waals surface area contributed by atoms with Crippen LogP contribution in [0.4, 0.5) is 5.82 Å². The quantitative estimate of drug-likeness (QED) is 0.787. The third-order valence-electron chi connectivity index (χ3n) is 2.72. The predicted molar refractivity (Wildman–Crippen MR) is 74.2 cm³/mol. The first-order chi connectivity index (χ1) is 8.11. The van der Waals surface area contributed by atoms with Crippen molar-refractivity contribution in [2.75, 3.05) is 25.5 Å². The van der Waals surface area contributed by atoms with E-state index in [1.807, 2.05) is 6.20 Å². The van der Waals surface area contributed by atoms with E-state index in [-0.39, 0.29) is 0 Å². The second-order valence-electron chi connectivity index (χ2n) is 5.00. The molecule has 3 heteroatoms. The van der Waals surface area contributed by atoms with E-state index >= 15 is 0 Å². The van der Waals surface area contributed by atoms with E-state index in [0.717, 1.165) is 31.4 Å². The van der Waals surface area contributed by atoms with E-state index in [9.17, 15) is 0 Å². The Bertz CT molecular complexity index is 323. The molecule has 0 unspecified atom stereocenters. The van der Waals surface area contributed by atoms with Gasteiger partial charge in [-0.1, -0.05) is 13.8 Å². The smallest absolute Gasteiger partial charge is 0.126 e. The molecule has 0 saturated heterocycles. The highest BCUT2D eigenvalue weighted by Gasteiger charge is 2.03. The molecule has 1 aromatic heterocycles. The van der Waals surface area contributed by atoms with Crippen molar-refractivity contribution in [3.05, 3.63) is 23.9 Å². The van der Waals surface area contributed by atoms with Gasteiger partial charge in [-0.3, -0.25) is 0 Å². The molecule has 1 rings (SSSR count). The molecule has 1 N–H and O–H groups in total. The zero-order valence-electron chi connectivity index (χ0n) is 11.5. The first-order valence-corrected chi connectivity index (χ1v) is 6.49. The third kappa shape index (κ3) is 5.68. The van der Waals surface area contributed by atoms with Gasteiger partial charge in [-0.05, 0) is 50.6 Å². The zero-order chi connectivity index (χ0) is 12.7. The summed E-state index contributed by atoms with van der Waals surface area (Å²) in [5, 5.41) is 3.24. The number of pyridine rings is 1. The zero-order valence-corrected chi connectivity index (χ0v) is 11.5. The van der Waals surface area contributed by atoms with E-state index in [1.165, 1.54) is 12.0 Å². The molecule has 17 heavy (non-hydrogen) atoms. The molecule has 0 amide bonds. The molecule has 0 aliphatic heterocycles. The van der Waals surface area contributed by atoms with Gasteiger partial charge in [0.05, 0.1) is 0 Å².